The molecular weight excluding hydrogens is 294 g/mol. The molecular formula is C17H19N3O3. The van der Waals surface area contributed by atoms with Gasteiger partial charge in [0.15, 0.2) is 6.29 Å². The van der Waals surface area contributed by atoms with Gasteiger partial charge in [0, 0.05) is 17.3 Å². The van der Waals surface area contributed by atoms with E-state index >= 15 is 0 Å². The molecule has 0 saturated carbocycles. The van der Waals surface area contributed by atoms with Crippen molar-refractivity contribution in [1.29, 1.82) is 0 Å². The predicted molar refractivity (Wildman–Crippen MR) is 84.9 cm³/mol. The summed E-state index contributed by atoms with van der Waals surface area (Å²) < 4.78 is 19.2. The summed E-state index contributed by atoms with van der Waals surface area (Å²) in [6, 6.07) is 10.3. The third-order valence-electron chi connectivity index (χ3n) is 3.98. The highest BCUT2D eigenvalue weighted by Crippen LogP contribution is 2.28. The van der Waals surface area contributed by atoms with Crippen molar-refractivity contribution in [3.63, 3.8) is 0 Å². The summed E-state index contributed by atoms with van der Waals surface area (Å²) >= 11 is 0. The molecule has 0 atom stereocenters. The normalized spacial score (nSPS) is 15.7. The Kier molecular flexibility index (Phi) is 3.85. The average molecular weight is 313 g/mol. The summed E-state index contributed by atoms with van der Waals surface area (Å²) in [7, 11) is 0. The Morgan fingerprint density at radius 2 is 2.00 bits per heavy atom. The predicted octanol–water partition coefficient (Wildman–Crippen LogP) is 3.02. The lowest BCUT2D eigenvalue weighted by molar-refractivity contribution is -0.0514. The fourth-order valence-corrected chi connectivity index (χ4v) is 2.92. The molecule has 0 aliphatic carbocycles. The first kappa shape index (κ1) is 14.4. The molecule has 3 aromatic rings. The Hall–Kier alpha value is -2.18. The molecule has 6 heteroatoms. The van der Waals surface area contributed by atoms with Gasteiger partial charge in [-0.25, -0.2) is 0 Å². The van der Waals surface area contributed by atoms with Crippen LogP contribution in [0.1, 0.15) is 19.2 Å². The Bertz CT molecular complexity index is 802. The van der Waals surface area contributed by atoms with Crippen LogP contribution in [0.5, 0.6) is 0 Å². The van der Waals surface area contributed by atoms with Crippen LogP contribution >= 0.6 is 0 Å². The molecule has 1 aromatic carbocycles. The lowest BCUT2D eigenvalue weighted by Gasteiger charge is -2.13. The zero-order valence-corrected chi connectivity index (χ0v) is 13.1. The maximum atomic E-state index is 5.82. The van der Waals surface area contributed by atoms with E-state index in [0.29, 0.717) is 31.5 Å². The van der Waals surface area contributed by atoms with Crippen molar-refractivity contribution in [2.75, 3.05) is 13.2 Å². The molecule has 1 aliphatic rings. The second-order valence-corrected chi connectivity index (χ2v) is 5.62. The van der Waals surface area contributed by atoms with Crippen molar-refractivity contribution in [2.24, 2.45) is 0 Å². The number of hydrogen-bond acceptors (Lipinski definition) is 5. The van der Waals surface area contributed by atoms with Crippen molar-refractivity contribution in [1.82, 2.24) is 14.8 Å². The topological polar surface area (TPSA) is 62.3 Å². The Balaban J connectivity index is 1.77. The molecule has 0 spiro atoms. The lowest BCUT2D eigenvalue weighted by Crippen LogP contribution is -2.17. The summed E-state index contributed by atoms with van der Waals surface area (Å²) in [5.74, 6) is 1.22. The second kappa shape index (κ2) is 6.14. The number of fused-ring (bicyclic) bond motifs is 1. The van der Waals surface area contributed by atoms with Gasteiger partial charge in [-0.3, -0.25) is 0 Å². The quantitative estimate of drug-likeness (QED) is 0.724. The molecule has 3 heterocycles. The monoisotopic (exact) mass is 313 g/mol. The molecule has 120 valence electrons. The van der Waals surface area contributed by atoms with Gasteiger partial charge in [-0.1, -0.05) is 25.1 Å². The van der Waals surface area contributed by atoms with Crippen LogP contribution in [0, 0.1) is 0 Å². The largest absolute Gasteiger partial charge is 0.419 e. The molecule has 4 rings (SSSR count). The number of aromatic nitrogens is 3. The molecule has 1 saturated heterocycles. The molecule has 0 N–H and O–H groups in total. The minimum atomic E-state index is -0.234. The van der Waals surface area contributed by atoms with Crippen LogP contribution in [-0.2, 0) is 22.4 Å². The van der Waals surface area contributed by atoms with Gasteiger partial charge < -0.3 is 18.5 Å². The van der Waals surface area contributed by atoms with Crippen LogP contribution in [0.3, 0.4) is 0 Å². The van der Waals surface area contributed by atoms with Gasteiger partial charge in [0.2, 0.25) is 5.89 Å². The fraction of sp³-hybridized carbons (Fsp3) is 0.412. The first-order chi connectivity index (χ1) is 11.3. The molecule has 1 fully saturated rings. The number of ether oxygens (including phenoxy) is 2. The maximum Gasteiger partial charge on any atom is 0.264 e. The minimum absolute atomic E-state index is 0.234. The minimum Gasteiger partial charge on any atom is -0.419 e. The highest BCUT2D eigenvalue weighted by atomic mass is 16.7. The van der Waals surface area contributed by atoms with E-state index in [1.165, 1.54) is 0 Å². The number of rotatable bonds is 5. The average Bonchev–Trinajstić information content (AvgIpc) is 3.29. The SMILES string of the molecule is CCCc1nnc(-c2cc3ccccc3n2CC2OCCO2)o1. The van der Waals surface area contributed by atoms with Gasteiger partial charge in [0.05, 0.1) is 19.8 Å². The van der Waals surface area contributed by atoms with Gasteiger partial charge in [-0.05, 0) is 18.6 Å². The van der Waals surface area contributed by atoms with Crippen molar-refractivity contribution in [2.45, 2.75) is 32.6 Å². The molecule has 6 nitrogen and oxygen atoms in total. The van der Waals surface area contributed by atoms with Gasteiger partial charge in [-0.2, -0.15) is 0 Å². The maximum absolute atomic E-state index is 5.82. The molecule has 2 aromatic heterocycles. The van der Waals surface area contributed by atoms with E-state index in [1.54, 1.807) is 0 Å². The zero-order chi connectivity index (χ0) is 15.6. The number of benzene rings is 1. The van der Waals surface area contributed by atoms with Gasteiger partial charge in [0.25, 0.3) is 5.89 Å². The van der Waals surface area contributed by atoms with E-state index in [0.717, 1.165) is 29.4 Å². The van der Waals surface area contributed by atoms with Crippen molar-refractivity contribution < 1.29 is 13.9 Å². The van der Waals surface area contributed by atoms with Crippen LogP contribution in [-0.4, -0.2) is 34.3 Å². The van der Waals surface area contributed by atoms with Crippen LogP contribution < -0.4 is 0 Å². The second-order valence-electron chi connectivity index (χ2n) is 5.62. The van der Waals surface area contributed by atoms with Gasteiger partial charge in [-0.15, -0.1) is 10.2 Å². The van der Waals surface area contributed by atoms with E-state index in [9.17, 15) is 0 Å². The standard InChI is InChI=1S/C17H19N3O3/c1-2-5-15-18-19-17(23-15)14-10-12-6-3-4-7-13(12)20(14)11-16-21-8-9-22-16/h3-4,6-7,10,16H,2,5,8-9,11H2,1H3. The van der Waals surface area contributed by atoms with Crippen molar-refractivity contribution >= 4 is 10.9 Å². The van der Waals surface area contributed by atoms with Crippen LogP contribution in [0.2, 0.25) is 0 Å². The third kappa shape index (κ3) is 2.75. The van der Waals surface area contributed by atoms with E-state index < -0.39 is 0 Å². The summed E-state index contributed by atoms with van der Waals surface area (Å²) in [4.78, 5) is 0. The number of hydrogen-bond donors (Lipinski definition) is 0. The third-order valence-corrected chi connectivity index (χ3v) is 3.98. The number of para-hydroxylation sites is 1. The molecule has 0 amide bonds. The summed E-state index contributed by atoms with van der Waals surface area (Å²) in [6.07, 6.45) is 1.54. The van der Waals surface area contributed by atoms with Crippen LogP contribution in [0.25, 0.3) is 22.5 Å². The zero-order valence-electron chi connectivity index (χ0n) is 13.1. The first-order valence-electron chi connectivity index (χ1n) is 7.99. The molecule has 0 radical (unpaired) electrons. The van der Waals surface area contributed by atoms with Crippen molar-refractivity contribution in [3.05, 3.63) is 36.2 Å². The Labute approximate surface area is 134 Å². The lowest BCUT2D eigenvalue weighted by atomic mass is 10.2. The van der Waals surface area contributed by atoms with Gasteiger partial charge >= 0.3 is 0 Å². The van der Waals surface area contributed by atoms with E-state index in [2.05, 4.69) is 39.9 Å². The number of nitrogens with zero attached hydrogens (tertiary/aromatic N) is 3. The Morgan fingerprint density at radius 1 is 1.17 bits per heavy atom. The molecule has 0 unspecified atom stereocenters. The van der Waals surface area contributed by atoms with Crippen LogP contribution in [0.15, 0.2) is 34.7 Å². The number of aryl methyl sites for hydroxylation is 1. The van der Waals surface area contributed by atoms with E-state index in [1.807, 2.05) is 12.1 Å². The summed E-state index contributed by atoms with van der Waals surface area (Å²) in [6.45, 7) is 3.98. The molecule has 0 bridgehead atoms. The van der Waals surface area contributed by atoms with E-state index in [4.69, 9.17) is 13.9 Å². The molecule has 23 heavy (non-hydrogen) atoms. The highest BCUT2D eigenvalue weighted by molar-refractivity contribution is 5.85. The smallest absolute Gasteiger partial charge is 0.264 e. The van der Waals surface area contributed by atoms with Crippen LogP contribution in [0.4, 0.5) is 0 Å². The fourth-order valence-electron chi connectivity index (χ4n) is 2.92. The highest BCUT2D eigenvalue weighted by Gasteiger charge is 2.22. The Morgan fingerprint density at radius 3 is 2.83 bits per heavy atom. The van der Waals surface area contributed by atoms with E-state index in [-0.39, 0.29) is 6.29 Å². The summed E-state index contributed by atoms with van der Waals surface area (Å²) in [5.41, 5.74) is 2.01. The first-order valence-corrected chi connectivity index (χ1v) is 7.99. The van der Waals surface area contributed by atoms with Crippen molar-refractivity contribution in [3.8, 4) is 11.6 Å². The molecule has 1 aliphatic heterocycles. The summed E-state index contributed by atoms with van der Waals surface area (Å²) in [5, 5.41) is 9.48. The van der Waals surface area contributed by atoms with Gasteiger partial charge in [0.1, 0.15) is 5.69 Å².